The van der Waals surface area contributed by atoms with Gasteiger partial charge in [0.15, 0.2) is 0 Å². The summed E-state index contributed by atoms with van der Waals surface area (Å²) in [6.45, 7) is 4.16. The molecule has 2 heterocycles. The van der Waals surface area contributed by atoms with Gasteiger partial charge < -0.3 is 19.5 Å². The number of aromatic carboxylic acids is 1. The predicted octanol–water partition coefficient (Wildman–Crippen LogP) is 7.58. The van der Waals surface area contributed by atoms with Crippen LogP contribution in [0.1, 0.15) is 16.1 Å². The third-order valence-corrected chi connectivity index (χ3v) is 12.2. The highest BCUT2D eigenvalue weighted by Crippen LogP contribution is 2.40. The maximum atomic E-state index is 14.1. The summed E-state index contributed by atoms with van der Waals surface area (Å²) in [7, 11) is -8.90. The summed E-state index contributed by atoms with van der Waals surface area (Å²) in [4.78, 5) is 14.1. The minimum absolute atomic E-state index is 0.0450. The van der Waals surface area contributed by atoms with Crippen molar-refractivity contribution >= 4 is 54.5 Å². The van der Waals surface area contributed by atoms with E-state index < -0.39 is 46.9 Å². The standard InChI is InChI=1S/C36H31ClF4N4O6S2/c1-22-32(35(46)47)33(34(43(22)2)23-6-8-25(37)9-7-23)24-4-3-5-28(20-24)45-18-16-44(17-19-45)27-12-10-26(11-13-27)42-53(50,51)29-14-15-30(38)31(21-29)52(48,49)36(39,40)41/h3-15,20-21,42H,16-19H2,1-2H3,(H,46,47). The highest BCUT2D eigenvalue weighted by Gasteiger charge is 2.48. The lowest BCUT2D eigenvalue weighted by atomic mass is 9.96. The molecule has 0 aliphatic carbocycles. The molecule has 2 N–H and O–H groups in total. The second kappa shape index (κ2) is 14.1. The molecular weight excluding hydrogens is 760 g/mol. The Morgan fingerprint density at radius 3 is 2.00 bits per heavy atom. The molecule has 5 aromatic rings. The van der Waals surface area contributed by atoms with Gasteiger partial charge in [0.2, 0.25) is 0 Å². The zero-order valence-electron chi connectivity index (χ0n) is 28.0. The molecule has 1 aromatic heterocycles. The first-order chi connectivity index (χ1) is 24.9. The zero-order valence-corrected chi connectivity index (χ0v) is 30.4. The number of anilines is 3. The molecule has 1 aliphatic heterocycles. The van der Waals surface area contributed by atoms with Gasteiger partial charge in [-0.3, -0.25) is 4.72 Å². The Hall–Kier alpha value is -5.06. The third-order valence-electron chi connectivity index (χ3n) is 9.09. The summed E-state index contributed by atoms with van der Waals surface area (Å²) in [5, 5.41) is 10.8. The molecule has 0 atom stereocenters. The number of halogens is 5. The summed E-state index contributed by atoms with van der Waals surface area (Å²) >= 11 is 6.13. The minimum Gasteiger partial charge on any atom is -0.478 e. The maximum absolute atomic E-state index is 14.1. The Labute approximate surface area is 307 Å². The summed E-state index contributed by atoms with van der Waals surface area (Å²) in [6, 6.07) is 22.3. The fourth-order valence-electron chi connectivity index (χ4n) is 6.31. The van der Waals surface area contributed by atoms with Gasteiger partial charge in [-0.25, -0.2) is 26.0 Å². The van der Waals surface area contributed by atoms with Crippen LogP contribution >= 0.6 is 11.6 Å². The van der Waals surface area contributed by atoms with Gasteiger partial charge in [-0.2, -0.15) is 13.2 Å². The largest absolute Gasteiger partial charge is 0.502 e. The summed E-state index contributed by atoms with van der Waals surface area (Å²) < 4.78 is 107. The monoisotopic (exact) mass is 790 g/mol. The van der Waals surface area contributed by atoms with E-state index in [1.54, 1.807) is 31.2 Å². The van der Waals surface area contributed by atoms with Crippen LogP contribution in [0.25, 0.3) is 22.4 Å². The first-order valence-corrected chi connectivity index (χ1v) is 19.3. The smallest absolute Gasteiger partial charge is 0.478 e. The molecule has 1 fully saturated rings. The molecule has 0 bridgehead atoms. The zero-order chi connectivity index (χ0) is 38.5. The molecule has 17 heteroatoms. The number of carbonyl (C=O) groups is 1. The van der Waals surface area contributed by atoms with Crippen molar-refractivity contribution in [1.82, 2.24) is 4.57 Å². The number of benzene rings is 4. The summed E-state index contributed by atoms with van der Waals surface area (Å²) in [5.74, 6) is -2.77. The fourth-order valence-corrected chi connectivity index (χ4v) is 8.45. The fraction of sp³-hybridized carbons (Fsp3) is 0.194. The Bertz CT molecular complexity index is 2430. The first-order valence-electron chi connectivity index (χ1n) is 15.9. The molecule has 0 unspecified atom stereocenters. The van der Waals surface area contributed by atoms with Crippen molar-refractivity contribution < 1.29 is 44.3 Å². The molecule has 10 nitrogen and oxygen atoms in total. The molecule has 53 heavy (non-hydrogen) atoms. The molecular formula is C36H31ClF4N4O6S2. The predicted molar refractivity (Wildman–Crippen MR) is 194 cm³/mol. The Kier molecular flexibility index (Phi) is 10.00. The van der Waals surface area contributed by atoms with E-state index in [0.29, 0.717) is 54.6 Å². The molecule has 0 saturated carbocycles. The van der Waals surface area contributed by atoms with E-state index in [0.717, 1.165) is 28.2 Å². The van der Waals surface area contributed by atoms with E-state index in [2.05, 4.69) is 14.5 Å². The van der Waals surface area contributed by atoms with Crippen molar-refractivity contribution in [1.29, 1.82) is 0 Å². The summed E-state index contributed by atoms with van der Waals surface area (Å²) in [5.41, 5.74) is -0.386. The van der Waals surface area contributed by atoms with Crippen molar-refractivity contribution in [2.45, 2.75) is 22.2 Å². The molecule has 1 aliphatic rings. The highest BCUT2D eigenvalue weighted by atomic mass is 35.5. The van der Waals surface area contributed by atoms with E-state index in [9.17, 15) is 44.3 Å². The third kappa shape index (κ3) is 7.30. The van der Waals surface area contributed by atoms with E-state index in [-0.39, 0.29) is 17.3 Å². The molecule has 0 radical (unpaired) electrons. The number of nitrogens with one attached hydrogen (secondary N) is 1. The number of sulfonamides is 1. The lowest BCUT2D eigenvalue weighted by molar-refractivity contribution is -0.0438. The average Bonchev–Trinajstić information content (AvgIpc) is 3.38. The van der Waals surface area contributed by atoms with Gasteiger partial charge in [-0.15, -0.1) is 0 Å². The van der Waals surface area contributed by atoms with Gasteiger partial charge >= 0.3 is 11.5 Å². The van der Waals surface area contributed by atoms with Crippen LogP contribution in [0.5, 0.6) is 0 Å². The number of alkyl halides is 3. The molecule has 0 spiro atoms. The van der Waals surface area contributed by atoms with Crippen molar-refractivity contribution in [2.75, 3.05) is 40.7 Å². The highest BCUT2D eigenvalue weighted by molar-refractivity contribution is 7.93. The lowest BCUT2D eigenvalue weighted by Crippen LogP contribution is -2.46. The van der Waals surface area contributed by atoms with Crippen LogP contribution in [0.2, 0.25) is 5.02 Å². The number of carboxylic acid groups (broad SMARTS) is 1. The second-order valence-corrected chi connectivity index (χ2v) is 16.3. The van der Waals surface area contributed by atoms with E-state index in [4.69, 9.17) is 11.6 Å². The van der Waals surface area contributed by atoms with Gasteiger partial charge in [0, 0.05) is 66.6 Å². The van der Waals surface area contributed by atoms with Crippen LogP contribution in [-0.4, -0.2) is 64.2 Å². The molecule has 6 rings (SSSR count). The van der Waals surface area contributed by atoms with Crippen molar-refractivity contribution in [3.63, 3.8) is 0 Å². The van der Waals surface area contributed by atoms with Crippen molar-refractivity contribution in [2.24, 2.45) is 7.05 Å². The van der Waals surface area contributed by atoms with E-state index in [1.165, 1.54) is 12.1 Å². The van der Waals surface area contributed by atoms with Crippen molar-refractivity contribution in [3.05, 3.63) is 113 Å². The second-order valence-electron chi connectivity index (χ2n) is 12.3. The molecule has 278 valence electrons. The number of nitrogens with zero attached hydrogens (tertiary/aromatic N) is 3. The lowest BCUT2D eigenvalue weighted by Gasteiger charge is -2.37. The molecule has 0 amide bonds. The number of carboxylic acids is 1. The maximum Gasteiger partial charge on any atom is 0.502 e. The minimum atomic E-state index is -6.14. The van der Waals surface area contributed by atoms with Crippen molar-refractivity contribution in [3.8, 4) is 22.4 Å². The summed E-state index contributed by atoms with van der Waals surface area (Å²) in [6.07, 6.45) is 0. The van der Waals surface area contributed by atoms with Crippen LogP contribution in [-0.2, 0) is 26.9 Å². The Morgan fingerprint density at radius 1 is 0.811 bits per heavy atom. The van der Waals surface area contributed by atoms with Gasteiger partial charge in [0.25, 0.3) is 19.9 Å². The quantitative estimate of drug-likeness (QED) is 0.146. The Morgan fingerprint density at radius 2 is 1.42 bits per heavy atom. The van der Waals surface area contributed by atoms with Gasteiger partial charge in [-0.05, 0) is 84.8 Å². The number of hydrogen-bond acceptors (Lipinski definition) is 7. The topological polar surface area (TPSA) is 129 Å². The van der Waals surface area contributed by atoms with Gasteiger partial charge in [0.1, 0.15) is 10.7 Å². The SMILES string of the molecule is Cc1c(C(=O)O)c(-c2cccc(N3CCN(c4ccc(NS(=O)(=O)c5ccc(F)c(S(=O)(=O)C(F)(F)F)c5)cc4)CC3)c2)c(-c2ccc(Cl)cc2)n1C. The number of sulfone groups is 1. The number of hydrogen-bond donors (Lipinski definition) is 2. The van der Waals surface area contributed by atoms with Crippen LogP contribution in [0.15, 0.2) is 101 Å². The van der Waals surface area contributed by atoms with Gasteiger partial charge in [-0.1, -0.05) is 35.9 Å². The number of aromatic nitrogens is 1. The molecule has 4 aromatic carbocycles. The Balaban J connectivity index is 1.17. The van der Waals surface area contributed by atoms with Crippen LogP contribution in [0.3, 0.4) is 0 Å². The van der Waals surface area contributed by atoms with Crippen LogP contribution in [0.4, 0.5) is 34.6 Å². The number of piperazine rings is 1. The molecule has 1 saturated heterocycles. The van der Waals surface area contributed by atoms with Crippen LogP contribution in [0, 0.1) is 12.7 Å². The first kappa shape index (κ1) is 37.7. The van der Waals surface area contributed by atoms with E-state index in [1.807, 2.05) is 48.0 Å². The van der Waals surface area contributed by atoms with E-state index >= 15 is 0 Å². The average molecular weight is 791 g/mol. The van der Waals surface area contributed by atoms with Crippen LogP contribution < -0.4 is 14.5 Å². The normalized spacial score (nSPS) is 14.0. The van der Waals surface area contributed by atoms with Gasteiger partial charge in [0.05, 0.1) is 16.2 Å². The number of rotatable bonds is 9.